The summed E-state index contributed by atoms with van der Waals surface area (Å²) in [5.41, 5.74) is 3.02. The van der Waals surface area contributed by atoms with Crippen LogP contribution in [0.15, 0.2) is 28.7 Å². The van der Waals surface area contributed by atoms with Crippen LogP contribution < -0.4 is 0 Å². The van der Waals surface area contributed by atoms with Crippen molar-refractivity contribution in [2.24, 2.45) is 13.0 Å². The Morgan fingerprint density at radius 3 is 2.70 bits per heavy atom. The second kappa shape index (κ2) is 6.74. The molecule has 108 valence electrons. The standard InChI is InChI=1S/C15H18BrClN2O/c1-10-15(17)14(19(2)18-10)8-12(9-20)6-11-4-3-5-13(16)7-11/h3-5,7,12,20H,6,8-9H2,1-2H3. The molecule has 0 spiro atoms. The van der Waals surface area contributed by atoms with E-state index in [-0.39, 0.29) is 12.5 Å². The van der Waals surface area contributed by atoms with Gasteiger partial charge in [-0.25, -0.2) is 0 Å². The van der Waals surface area contributed by atoms with E-state index in [0.717, 1.165) is 28.7 Å². The largest absolute Gasteiger partial charge is 0.396 e. The van der Waals surface area contributed by atoms with Gasteiger partial charge < -0.3 is 5.11 Å². The molecule has 3 nitrogen and oxygen atoms in total. The number of rotatable bonds is 5. The monoisotopic (exact) mass is 356 g/mol. The summed E-state index contributed by atoms with van der Waals surface area (Å²) >= 11 is 9.74. The van der Waals surface area contributed by atoms with Gasteiger partial charge in [-0.2, -0.15) is 5.10 Å². The lowest BCUT2D eigenvalue weighted by molar-refractivity contribution is 0.223. The maximum absolute atomic E-state index is 9.62. The molecule has 1 heterocycles. The minimum atomic E-state index is 0.132. The minimum absolute atomic E-state index is 0.132. The summed E-state index contributed by atoms with van der Waals surface area (Å²) in [7, 11) is 1.89. The van der Waals surface area contributed by atoms with Crippen molar-refractivity contribution in [2.75, 3.05) is 6.61 Å². The quantitative estimate of drug-likeness (QED) is 0.889. The van der Waals surface area contributed by atoms with Gasteiger partial charge in [0, 0.05) is 18.1 Å². The molecule has 20 heavy (non-hydrogen) atoms. The number of aliphatic hydroxyl groups is 1. The number of aliphatic hydroxyl groups excluding tert-OH is 1. The Morgan fingerprint density at radius 2 is 2.15 bits per heavy atom. The van der Waals surface area contributed by atoms with Gasteiger partial charge in [-0.1, -0.05) is 39.7 Å². The summed E-state index contributed by atoms with van der Waals surface area (Å²) in [6.07, 6.45) is 1.54. The Balaban J connectivity index is 2.13. The Morgan fingerprint density at radius 1 is 1.40 bits per heavy atom. The molecule has 0 amide bonds. The second-order valence-corrected chi connectivity index (χ2v) is 6.35. The van der Waals surface area contributed by atoms with E-state index < -0.39 is 0 Å². The van der Waals surface area contributed by atoms with E-state index in [1.54, 1.807) is 4.68 Å². The van der Waals surface area contributed by atoms with Gasteiger partial charge in [0.05, 0.1) is 16.4 Å². The van der Waals surface area contributed by atoms with Crippen LogP contribution in [0.2, 0.25) is 5.02 Å². The zero-order chi connectivity index (χ0) is 14.7. The maximum atomic E-state index is 9.62. The van der Waals surface area contributed by atoms with Gasteiger partial charge in [0.15, 0.2) is 0 Å². The highest BCUT2D eigenvalue weighted by Gasteiger charge is 2.17. The Bertz CT molecular complexity index is 598. The first-order valence-electron chi connectivity index (χ1n) is 6.54. The molecule has 0 aliphatic rings. The lowest BCUT2D eigenvalue weighted by atomic mass is 9.95. The van der Waals surface area contributed by atoms with Crippen LogP contribution in [0.5, 0.6) is 0 Å². The summed E-state index contributed by atoms with van der Waals surface area (Å²) in [5.74, 6) is 0.136. The molecule has 0 bridgehead atoms. The van der Waals surface area contributed by atoms with Gasteiger partial charge in [0.1, 0.15) is 0 Å². The van der Waals surface area contributed by atoms with Crippen molar-refractivity contribution in [3.8, 4) is 0 Å². The van der Waals surface area contributed by atoms with Crippen LogP contribution in [0.25, 0.3) is 0 Å². The number of nitrogens with zero attached hydrogens (tertiary/aromatic N) is 2. The zero-order valence-electron chi connectivity index (χ0n) is 11.6. The van der Waals surface area contributed by atoms with E-state index in [4.69, 9.17) is 11.6 Å². The molecule has 0 aliphatic heterocycles. The summed E-state index contributed by atoms with van der Waals surface area (Å²) in [6, 6.07) is 8.16. The smallest absolute Gasteiger partial charge is 0.0847 e. The van der Waals surface area contributed by atoms with Crippen LogP contribution >= 0.6 is 27.5 Å². The molecule has 1 aromatic heterocycles. The molecule has 1 atom stereocenters. The van der Waals surface area contributed by atoms with Gasteiger partial charge in [-0.3, -0.25) is 4.68 Å². The number of hydrogen-bond acceptors (Lipinski definition) is 2. The van der Waals surface area contributed by atoms with E-state index in [1.165, 1.54) is 5.56 Å². The zero-order valence-corrected chi connectivity index (χ0v) is 13.9. The molecule has 2 aromatic rings. The third kappa shape index (κ3) is 3.62. The van der Waals surface area contributed by atoms with Gasteiger partial charge in [-0.15, -0.1) is 0 Å². The van der Waals surface area contributed by atoms with E-state index in [1.807, 2.05) is 26.1 Å². The molecule has 1 aromatic carbocycles. The molecule has 1 unspecified atom stereocenters. The van der Waals surface area contributed by atoms with Gasteiger partial charge in [-0.05, 0) is 43.4 Å². The topological polar surface area (TPSA) is 38.0 Å². The minimum Gasteiger partial charge on any atom is -0.396 e. The summed E-state index contributed by atoms with van der Waals surface area (Å²) < 4.78 is 2.86. The fraction of sp³-hybridized carbons (Fsp3) is 0.400. The SMILES string of the molecule is Cc1nn(C)c(CC(CO)Cc2cccc(Br)c2)c1Cl. The normalized spacial score (nSPS) is 12.7. The lowest BCUT2D eigenvalue weighted by Crippen LogP contribution is -2.15. The van der Waals surface area contributed by atoms with Crippen LogP contribution in [-0.4, -0.2) is 21.5 Å². The number of aryl methyl sites for hydroxylation is 2. The van der Waals surface area contributed by atoms with Crippen molar-refractivity contribution in [1.82, 2.24) is 9.78 Å². The second-order valence-electron chi connectivity index (χ2n) is 5.06. The molecule has 0 saturated heterocycles. The first kappa shape index (κ1) is 15.5. The predicted molar refractivity (Wildman–Crippen MR) is 85.1 cm³/mol. The Hall–Kier alpha value is -0.840. The summed E-state index contributed by atoms with van der Waals surface area (Å²) in [4.78, 5) is 0. The first-order chi connectivity index (χ1) is 9.51. The Labute approximate surface area is 132 Å². The molecule has 5 heteroatoms. The molecular formula is C15H18BrClN2O. The van der Waals surface area contributed by atoms with Crippen LogP contribution in [0.3, 0.4) is 0 Å². The van der Waals surface area contributed by atoms with Crippen LogP contribution in [0, 0.1) is 12.8 Å². The molecule has 1 N–H and O–H groups in total. The van der Waals surface area contributed by atoms with Crippen molar-refractivity contribution in [2.45, 2.75) is 19.8 Å². The molecule has 2 rings (SSSR count). The first-order valence-corrected chi connectivity index (χ1v) is 7.71. The third-order valence-corrected chi connectivity index (χ3v) is 4.40. The Kier molecular flexibility index (Phi) is 5.24. The van der Waals surface area contributed by atoms with Gasteiger partial charge >= 0.3 is 0 Å². The summed E-state index contributed by atoms with van der Waals surface area (Å²) in [6.45, 7) is 2.03. The number of benzene rings is 1. The van der Waals surface area contributed by atoms with Crippen LogP contribution in [0.4, 0.5) is 0 Å². The van der Waals surface area contributed by atoms with E-state index in [9.17, 15) is 5.11 Å². The number of halogens is 2. The van der Waals surface area contributed by atoms with E-state index >= 15 is 0 Å². The van der Waals surface area contributed by atoms with Crippen molar-refractivity contribution < 1.29 is 5.11 Å². The van der Waals surface area contributed by atoms with Gasteiger partial charge in [0.25, 0.3) is 0 Å². The highest BCUT2D eigenvalue weighted by atomic mass is 79.9. The number of hydrogen-bond donors (Lipinski definition) is 1. The fourth-order valence-corrected chi connectivity index (χ4v) is 3.06. The number of aromatic nitrogens is 2. The van der Waals surface area contributed by atoms with E-state index in [0.29, 0.717) is 5.02 Å². The lowest BCUT2D eigenvalue weighted by Gasteiger charge is -2.15. The summed E-state index contributed by atoms with van der Waals surface area (Å²) in [5, 5.41) is 14.6. The molecule has 0 aliphatic carbocycles. The van der Waals surface area contributed by atoms with E-state index in [2.05, 4.69) is 33.2 Å². The van der Waals surface area contributed by atoms with Crippen molar-refractivity contribution >= 4 is 27.5 Å². The average molecular weight is 358 g/mol. The molecule has 0 saturated carbocycles. The maximum Gasteiger partial charge on any atom is 0.0847 e. The van der Waals surface area contributed by atoms with Crippen LogP contribution in [0.1, 0.15) is 17.0 Å². The third-order valence-electron chi connectivity index (χ3n) is 3.42. The van der Waals surface area contributed by atoms with Crippen molar-refractivity contribution in [3.05, 3.63) is 50.7 Å². The van der Waals surface area contributed by atoms with Crippen molar-refractivity contribution in [1.29, 1.82) is 0 Å². The molecular weight excluding hydrogens is 340 g/mol. The van der Waals surface area contributed by atoms with Crippen molar-refractivity contribution in [3.63, 3.8) is 0 Å². The molecule has 0 radical (unpaired) electrons. The average Bonchev–Trinajstić information content (AvgIpc) is 2.64. The fourth-order valence-electron chi connectivity index (χ4n) is 2.37. The highest BCUT2D eigenvalue weighted by Crippen LogP contribution is 2.24. The predicted octanol–water partition coefficient (Wildman–Crippen LogP) is 3.54. The van der Waals surface area contributed by atoms with Gasteiger partial charge in [0.2, 0.25) is 0 Å². The molecule has 0 fully saturated rings. The highest BCUT2D eigenvalue weighted by molar-refractivity contribution is 9.10. The van der Waals surface area contributed by atoms with Crippen LogP contribution in [-0.2, 0) is 19.9 Å².